The van der Waals surface area contributed by atoms with Gasteiger partial charge in [-0.05, 0) is 24.3 Å². The Hall–Kier alpha value is -3.55. The van der Waals surface area contributed by atoms with E-state index < -0.39 is 0 Å². The molecule has 8 nitrogen and oxygen atoms in total. The van der Waals surface area contributed by atoms with Crippen LogP contribution in [0.15, 0.2) is 47.4 Å². The van der Waals surface area contributed by atoms with Crippen molar-refractivity contribution in [3.05, 3.63) is 52.9 Å². The number of aromatic amines is 2. The van der Waals surface area contributed by atoms with Crippen molar-refractivity contribution in [3.63, 3.8) is 0 Å². The lowest BCUT2D eigenvalue weighted by atomic mass is 10.2. The van der Waals surface area contributed by atoms with Gasteiger partial charge in [-0.2, -0.15) is 10.1 Å². The summed E-state index contributed by atoms with van der Waals surface area (Å²) in [6.45, 7) is 0. The fraction of sp³-hybridized carbons (Fsp3) is 0.0625. The summed E-state index contributed by atoms with van der Waals surface area (Å²) in [4.78, 5) is 27.9. The van der Waals surface area contributed by atoms with E-state index in [0.29, 0.717) is 22.8 Å². The second kappa shape index (κ2) is 5.58. The highest BCUT2D eigenvalue weighted by molar-refractivity contribution is 5.79. The average molecular weight is 320 g/mol. The van der Waals surface area contributed by atoms with Gasteiger partial charge in [0.2, 0.25) is 0 Å². The molecule has 0 bridgehead atoms. The van der Waals surface area contributed by atoms with Gasteiger partial charge in [0.1, 0.15) is 11.5 Å². The van der Waals surface area contributed by atoms with E-state index in [1.165, 1.54) is 7.11 Å². The number of aromatic nitrogens is 6. The van der Waals surface area contributed by atoms with Crippen LogP contribution in [0.3, 0.4) is 0 Å². The van der Waals surface area contributed by atoms with Crippen LogP contribution >= 0.6 is 0 Å². The number of nitrogens with one attached hydrogen (secondary N) is 2. The van der Waals surface area contributed by atoms with Gasteiger partial charge in [0.05, 0.1) is 29.4 Å². The zero-order valence-corrected chi connectivity index (χ0v) is 12.6. The smallest absolute Gasteiger partial charge is 0.316 e. The highest BCUT2D eigenvalue weighted by Crippen LogP contribution is 2.21. The summed E-state index contributed by atoms with van der Waals surface area (Å²) in [6.07, 6.45) is 1.56. The van der Waals surface area contributed by atoms with Gasteiger partial charge in [0.25, 0.3) is 5.56 Å². The predicted molar refractivity (Wildman–Crippen MR) is 87.5 cm³/mol. The third-order valence-electron chi connectivity index (χ3n) is 3.53. The molecular weight excluding hydrogens is 308 g/mol. The monoisotopic (exact) mass is 320 g/mol. The van der Waals surface area contributed by atoms with Crippen molar-refractivity contribution in [2.24, 2.45) is 0 Å². The summed E-state index contributed by atoms with van der Waals surface area (Å²) in [6, 6.07) is 11.1. The van der Waals surface area contributed by atoms with Crippen LogP contribution in [-0.4, -0.2) is 37.2 Å². The Kier molecular flexibility index (Phi) is 3.27. The molecular formula is C16H12N6O2. The van der Waals surface area contributed by atoms with Crippen molar-refractivity contribution >= 4 is 11.0 Å². The Bertz CT molecular complexity index is 1050. The second-order valence-corrected chi connectivity index (χ2v) is 5.03. The molecule has 118 valence electrons. The van der Waals surface area contributed by atoms with Crippen LogP contribution in [0.2, 0.25) is 0 Å². The van der Waals surface area contributed by atoms with Crippen molar-refractivity contribution in [2.75, 3.05) is 7.11 Å². The van der Waals surface area contributed by atoms with Crippen molar-refractivity contribution in [3.8, 4) is 28.8 Å². The van der Waals surface area contributed by atoms with E-state index in [0.717, 1.165) is 11.0 Å². The molecule has 0 fully saturated rings. The number of methoxy groups -OCH3 is 1. The molecule has 4 aromatic rings. The maximum absolute atomic E-state index is 12.2. The Balaban J connectivity index is 1.85. The lowest BCUT2D eigenvalue weighted by Gasteiger charge is -2.03. The topological polar surface area (TPSA) is 109 Å². The van der Waals surface area contributed by atoms with Crippen LogP contribution < -0.4 is 10.3 Å². The lowest BCUT2D eigenvalue weighted by molar-refractivity contribution is 0.380. The fourth-order valence-electron chi connectivity index (χ4n) is 2.38. The Morgan fingerprint density at radius 1 is 1.08 bits per heavy atom. The van der Waals surface area contributed by atoms with Gasteiger partial charge in [-0.1, -0.05) is 12.1 Å². The molecule has 8 heteroatoms. The molecule has 0 atom stereocenters. The van der Waals surface area contributed by atoms with Gasteiger partial charge < -0.3 is 9.72 Å². The zero-order valence-electron chi connectivity index (χ0n) is 12.6. The molecule has 0 aliphatic heterocycles. The minimum Gasteiger partial charge on any atom is -0.467 e. The second-order valence-electron chi connectivity index (χ2n) is 5.03. The Morgan fingerprint density at radius 3 is 2.79 bits per heavy atom. The Morgan fingerprint density at radius 2 is 1.96 bits per heavy atom. The first-order chi connectivity index (χ1) is 11.7. The predicted octanol–water partition coefficient (Wildman–Crippen LogP) is 1.78. The van der Waals surface area contributed by atoms with E-state index in [1.807, 2.05) is 24.3 Å². The number of imidazole rings is 1. The number of hydrogen-bond donors (Lipinski definition) is 2. The number of ether oxygens (including phenoxy) is 1. The largest absolute Gasteiger partial charge is 0.467 e. The highest BCUT2D eigenvalue weighted by Gasteiger charge is 2.13. The van der Waals surface area contributed by atoms with Crippen molar-refractivity contribution in [1.82, 2.24) is 30.1 Å². The van der Waals surface area contributed by atoms with Crippen LogP contribution in [0, 0.1) is 0 Å². The van der Waals surface area contributed by atoms with Gasteiger partial charge in [0, 0.05) is 6.20 Å². The van der Waals surface area contributed by atoms with Gasteiger partial charge in [-0.3, -0.25) is 4.79 Å². The van der Waals surface area contributed by atoms with Crippen LogP contribution in [0.25, 0.3) is 33.8 Å². The Labute approximate surface area is 135 Å². The van der Waals surface area contributed by atoms with Crippen LogP contribution in [0.4, 0.5) is 0 Å². The SMILES string of the molecule is COc1nccc(-c2cc(-c3nc4ccccc4[nH]3)c(=O)[nH]n2)n1. The van der Waals surface area contributed by atoms with Crippen LogP contribution in [0.1, 0.15) is 0 Å². The summed E-state index contributed by atoms with van der Waals surface area (Å²) in [5.41, 5.74) is 2.72. The third-order valence-corrected chi connectivity index (χ3v) is 3.53. The average Bonchev–Trinajstić information content (AvgIpc) is 3.06. The van der Waals surface area contributed by atoms with Gasteiger partial charge in [-0.25, -0.2) is 15.1 Å². The number of para-hydroxylation sites is 2. The normalized spacial score (nSPS) is 10.9. The molecule has 0 spiro atoms. The molecule has 0 saturated heterocycles. The number of fused-ring (bicyclic) bond motifs is 1. The molecule has 0 unspecified atom stereocenters. The number of H-pyrrole nitrogens is 2. The van der Waals surface area contributed by atoms with E-state index in [2.05, 4.69) is 30.1 Å². The van der Waals surface area contributed by atoms with E-state index in [9.17, 15) is 4.79 Å². The molecule has 0 aliphatic carbocycles. The molecule has 3 aromatic heterocycles. The lowest BCUT2D eigenvalue weighted by Crippen LogP contribution is -2.12. The molecule has 4 rings (SSSR count). The maximum Gasteiger partial charge on any atom is 0.316 e. The van der Waals surface area contributed by atoms with E-state index in [4.69, 9.17) is 4.74 Å². The molecule has 1 aromatic carbocycles. The van der Waals surface area contributed by atoms with E-state index >= 15 is 0 Å². The quantitative estimate of drug-likeness (QED) is 0.595. The minimum absolute atomic E-state index is 0.228. The molecule has 0 saturated carbocycles. The number of nitrogens with zero attached hydrogens (tertiary/aromatic N) is 4. The summed E-state index contributed by atoms with van der Waals surface area (Å²) in [5, 5.41) is 6.52. The standard InChI is InChI=1S/C16H12N6O2/c1-24-16-17-7-6-12(20-16)13-8-9(15(23)22-21-13)14-18-10-4-2-3-5-11(10)19-14/h2-8H,1H3,(H,18,19)(H,22,23). The first kappa shape index (κ1) is 14.1. The maximum atomic E-state index is 12.2. The summed E-state index contributed by atoms with van der Waals surface area (Å²) >= 11 is 0. The minimum atomic E-state index is -0.334. The van der Waals surface area contributed by atoms with E-state index in [1.54, 1.807) is 18.3 Å². The summed E-state index contributed by atoms with van der Waals surface area (Å²) < 4.78 is 5.01. The number of benzene rings is 1. The van der Waals surface area contributed by atoms with Crippen molar-refractivity contribution in [2.45, 2.75) is 0 Å². The molecule has 3 heterocycles. The van der Waals surface area contributed by atoms with Crippen LogP contribution in [0.5, 0.6) is 6.01 Å². The molecule has 24 heavy (non-hydrogen) atoms. The first-order valence-corrected chi connectivity index (χ1v) is 7.17. The van der Waals surface area contributed by atoms with Crippen molar-refractivity contribution < 1.29 is 4.74 Å². The zero-order chi connectivity index (χ0) is 16.5. The molecule has 0 radical (unpaired) electrons. The number of rotatable bonds is 3. The van der Waals surface area contributed by atoms with Crippen LogP contribution in [-0.2, 0) is 0 Å². The third kappa shape index (κ3) is 2.39. The van der Waals surface area contributed by atoms with Gasteiger partial charge in [-0.15, -0.1) is 0 Å². The molecule has 2 N–H and O–H groups in total. The highest BCUT2D eigenvalue weighted by atomic mass is 16.5. The number of hydrogen-bond acceptors (Lipinski definition) is 6. The molecule has 0 amide bonds. The van der Waals surface area contributed by atoms with Crippen molar-refractivity contribution in [1.29, 1.82) is 0 Å². The fourth-order valence-corrected chi connectivity index (χ4v) is 2.38. The molecule has 0 aliphatic rings. The summed E-state index contributed by atoms with van der Waals surface area (Å²) in [7, 11) is 1.49. The first-order valence-electron chi connectivity index (χ1n) is 7.17. The summed E-state index contributed by atoms with van der Waals surface area (Å²) in [5.74, 6) is 0.474. The van der Waals surface area contributed by atoms with Gasteiger partial charge >= 0.3 is 6.01 Å². The van der Waals surface area contributed by atoms with E-state index in [-0.39, 0.29) is 11.6 Å². The van der Waals surface area contributed by atoms with Gasteiger partial charge in [0.15, 0.2) is 0 Å².